The topological polar surface area (TPSA) is 69.6 Å². The number of carbonyl (C=O) groups excluding carboxylic acids is 2. The van der Waals surface area contributed by atoms with Gasteiger partial charge in [0.1, 0.15) is 11.6 Å². The molecule has 168 valence electrons. The van der Waals surface area contributed by atoms with E-state index in [9.17, 15) is 9.59 Å². The number of amides is 2. The third-order valence-electron chi connectivity index (χ3n) is 7.06. The average molecular weight is 434 g/mol. The minimum absolute atomic E-state index is 0.129. The lowest BCUT2D eigenvalue weighted by Gasteiger charge is -2.36. The molecule has 0 spiro atoms. The SMILES string of the molecule is Cc1nc(C2CCN(CC(=O)N3CCC3)CC2)nc2c1CCC(=O)N2Cc1ccccc1. The number of piperidine rings is 1. The molecule has 2 aromatic rings. The Labute approximate surface area is 189 Å². The van der Waals surface area contributed by atoms with Gasteiger partial charge in [0, 0.05) is 36.7 Å². The molecular formula is C25H31N5O2. The van der Waals surface area contributed by atoms with Crippen molar-refractivity contribution in [1.29, 1.82) is 0 Å². The van der Waals surface area contributed by atoms with E-state index in [0.717, 1.165) is 73.9 Å². The summed E-state index contributed by atoms with van der Waals surface area (Å²) in [6.45, 7) is 6.70. The van der Waals surface area contributed by atoms with E-state index in [1.807, 2.05) is 47.1 Å². The quantitative estimate of drug-likeness (QED) is 0.725. The zero-order valence-corrected chi connectivity index (χ0v) is 18.8. The Morgan fingerprint density at radius 1 is 1.03 bits per heavy atom. The molecule has 7 nitrogen and oxygen atoms in total. The summed E-state index contributed by atoms with van der Waals surface area (Å²) in [4.78, 5) is 41.0. The van der Waals surface area contributed by atoms with Crippen LogP contribution in [0, 0.1) is 6.92 Å². The van der Waals surface area contributed by atoms with Crippen LogP contribution < -0.4 is 4.90 Å². The van der Waals surface area contributed by atoms with Gasteiger partial charge >= 0.3 is 0 Å². The van der Waals surface area contributed by atoms with Crippen LogP contribution in [-0.4, -0.2) is 64.3 Å². The molecule has 0 bridgehead atoms. The van der Waals surface area contributed by atoms with E-state index in [2.05, 4.69) is 4.90 Å². The number of hydrogen-bond acceptors (Lipinski definition) is 5. The second-order valence-corrected chi connectivity index (χ2v) is 9.22. The van der Waals surface area contributed by atoms with Gasteiger partial charge in [-0.05, 0) is 51.3 Å². The van der Waals surface area contributed by atoms with Gasteiger partial charge in [-0.25, -0.2) is 9.97 Å². The summed E-state index contributed by atoms with van der Waals surface area (Å²) >= 11 is 0. The first-order chi connectivity index (χ1) is 15.6. The van der Waals surface area contributed by atoms with Gasteiger partial charge in [0.25, 0.3) is 0 Å². The van der Waals surface area contributed by atoms with E-state index in [1.165, 1.54) is 0 Å². The lowest BCUT2D eigenvalue weighted by Crippen LogP contribution is -2.48. The molecular weight excluding hydrogens is 402 g/mol. The molecule has 2 amide bonds. The maximum absolute atomic E-state index is 12.8. The summed E-state index contributed by atoms with van der Waals surface area (Å²) in [5.41, 5.74) is 3.19. The molecule has 1 aromatic carbocycles. The van der Waals surface area contributed by atoms with Crippen molar-refractivity contribution < 1.29 is 9.59 Å². The predicted molar refractivity (Wildman–Crippen MR) is 122 cm³/mol. The molecule has 0 unspecified atom stereocenters. The fourth-order valence-electron chi connectivity index (χ4n) is 4.92. The normalized spacial score (nSPS) is 19.6. The molecule has 2 saturated heterocycles. The van der Waals surface area contributed by atoms with Crippen molar-refractivity contribution in [3.63, 3.8) is 0 Å². The van der Waals surface area contributed by atoms with E-state index < -0.39 is 0 Å². The summed E-state index contributed by atoms with van der Waals surface area (Å²) in [5.74, 6) is 2.30. The molecule has 2 fully saturated rings. The third kappa shape index (κ3) is 4.26. The molecule has 0 saturated carbocycles. The second kappa shape index (κ2) is 8.98. The van der Waals surface area contributed by atoms with Gasteiger partial charge in [-0.15, -0.1) is 0 Å². The van der Waals surface area contributed by atoms with Gasteiger partial charge in [0.15, 0.2) is 0 Å². The Morgan fingerprint density at radius 2 is 1.78 bits per heavy atom. The Morgan fingerprint density at radius 3 is 2.47 bits per heavy atom. The smallest absolute Gasteiger partial charge is 0.236 e. The zero-order chi connectivity index (χ0) is 22.1. The summed E-state index contributed by atoms with van der Waals surface area (Å²) in [7, 11) is 0. The van der Waals surface area contributed by atoms with Gasteiger partial charge in [-0.3, -0.25) is 19.4 Å². The molecule has 32 heavy (non-hydrogen) atoms. The summed E-state index contributed by atoms with van der Waals surface area (Å²) in [5, 5.41) is 0. The second-order valence-electron chi connectivity index (χ2n) is 9.22. The first-order valence-corrected chi connectivity index (χ1v) is 11.8. The van der Waals surface area contributed by atoms with Crippen LogP contribution in [0.5, 0.6) is 0 Å². The number of fused-ring (bicyclic) bond motifs is 1. The van der Waals surface area contributed by atoms with Crippen LogP contribution in [0.1, 0.15) is 54.2 Å². The molecule has 5 rings (SSSR count). The fraction of sp³-hybridized carbons (Fsp3) is 0.520. The van der Waals surface area contributed by atoms with Crippen LogP contribution >= 0.6 is 0 Å². The van der Waals surface area contributed by atoms with Crippen LogP contribution in [0.4, 0.5) is 5.82 Å². The molecule has 3 aliphatic heterocycles. The first kappa shape index (κ1) is 21.1. The third-order valence-corrected chi connectivity index (χ3v) is 7.06. The predicted octanol–water partition coefficient (Wildman–Crippen LogP) is 2.68. The number of carbonyl (C=O) groups is 2. The molecule has 0 radical (unpaired) electrons. The fourth-order valence-corrected chi connectivity index (χ4v) is 4.92. The van der Waals surface area contributed by atoms with Crippen molar-refractivity contribution in [2.24, 2.45) is 0 Å². The van der Waals surface area contributed by atoms with E-state index in [0.29, 0.717) is 25.9 Å². The zero-order valence-electron chi connectivity index (χ0n) is 18.8. The Kier molecular flexibility index (Phi) is 5.91. The van der Waals surface area contributed by atoms with Crippen molar-refractivity contribution in [2.75, 3.05) is 37.6 Å². The number of benzene rings is 1. The van der Waals surface area contributed by atoms with Crippen LogP contribution in [0.3, 0.4) is 0 Å². The average Bonchev–Trinajstić information content (AvgIpc) is 2.75. The van der Waals surface area contributed by atoms with Crippen molar-refractivity contribution in [3.8, 4) is 0 Å². The Hall–Kier alpha value is -2.80. The summed E-state index contributed by atoms with van der Waals surface area (Å²) in [6, 6.07) is 10.1. The van der Waals surface area contributed by atoms with E-state index in [4.69, 9.17) is 9.97 Å². The Bertz CT molecular complexity index is 997. The maximum Gasteiger partial charge on any atom is 0.236 e. The number of anilines is 1. The number of rotatable bonds is 5. The highest BCUT2D eigenvalue weighted by Gasteiger charge is 2.31. The van der Waals surface area contributed by atoms with Gasteiger partial charge in [0.2, 0.25) is 11.8 Å². The monoisotopic (exact) mass is 433 g/mol. The van der Waals surface area contributed by atoms with Gasteiger partial charge in [-0.2, -0.15) is 0 Å². The minimum atomic E-state index is 0.129. The first-order valence-electron chi connectivity index (χ1n) is 11.8. The number of likely N-dealkylation sites (tertiary alicyclic amines) is 2. The highest BCUT2D eigenvalue weighted by Crippen LogP contribution is 2.33. The Balaban J connectivity index is 1.31. The van der Waals surface area contributed by atoms with Crippen molar-refractivity contribution in [2.45, 2.75) is 51.5 Å². The number of aryl methyl sites for hydroxylation is 1. The molecule has 1 aromatic heterocycles. The molecule has 0 atom stereocenters. The van der Waals surface area contributed by atoms with Crippen molar-refractivity contribution in [1.82, 2.24) is 19.8 Å². The highest BCUT2D eigenvalue weighted by molar-refractivity contribution is 5.95. The number of nitrogens with zero attached hydrogens (tertiary/aromatic N) is 5. The van der Waals surface area contributed by atoms with E-state index in [-0.39, 0.29) is 17.7 Å². The molecule has 0 aliphatic carbocycles. The lowest BCUT2D eigenvalue weighted by atomic mass is 9.94. The van der Waals surface area contributed by atoms with Crippen LogP contribution in [-0.2, 0) is 22.6 Å². The van der Waals surface area contributed by atoms with Crippen LogP contribution in [0.15, 0.2) is 30.3 Å². The van der Waals surface area contributed by atoms with E-state index >= 15 is 0 Å². The van der Waals surface area contributed by atoms with Crippen molar-refractivity contribution in [3.05, 3.63) is 53.0 Å². The van der Waals surface area contributed by atoms with Crippen molar-refractivity contribution >= 4 is 17.6 Å². The maximum atomic E-state index is 12.8. The number of aromatic nitrogens is 2. The lowest BCUT2D eigenvalue weighted by molar-refractivity contribution is -0.136. The standard InChI is InChI=1S/C25H31N5O2/c1-18-21-8-9-22(31)30(16-19-6-3-2-4-7-19)25(21)27-24(26-18)20-10-14-28(15-11-20)17-23(32)29-12-5-13-29/h2-4,6-7,20H,5,8-17H2,1H3. The largest absolute Gasteiger partial charge is 0.341 e. The van der Waals surface area contributed by atoms with Gasteiger partial charge in [-0.1, -0.05) is 30.3 Å². The summed E-state index contributed by atoms with van der Waals surface area (Å²) < 4.78 is 0. The summed E-state index contributed by atoms with van der Waals surface area (Å²) in [6.07, 6.45) is 4.23. The van der Waals surface area contributed by atoms with Crippen LogP contribution in [0.2, 0.25) is 0 Å². The highest BCUT2D eigenvalue weighted by atomic mass is 16.2. The van der Waals surface area contributed by atoms with Gasteiger partial charge < -0.3 is 4.90 Å². The molecule has 4 heterocycles. The molecule has 7 heteroatoms. The molecule has 0 N–H and O–H groups in total. The van der Waals surface area contributed by atoms with E-state index in [1.54, 1.807) is 0 Å². The number of hydrogen-bond donors (Lipinski definition) is 0. The molecule has 3 aliphatic rings. The minimum Gasteiger partial charge on any atom is -0.341 e. The van der Waals surface area contributed by atoms with Gasteiger partial charge in [0.05, 0.1) is 13.1 Å². The van der Waals surface area contributed by atoms with Crippen LogP contribution in [0.25, 0.3) is 0 Å².